The molecule has 0 saturated heterocycles. The highest BCUT2D eigenvalue weighted by Gasteiger charge is 2.30. The van der Waals surface area contributed by atoms with Crippen molar-refractivity contribution in [3.63, 3.8) is 0 Å². The molecule has 94 valence electrons. The van der Waals surface area contributed by atoms with Gasteiger partial charge in [0.1, 0.15) is 4.90 Å². The standard InChI is InChI=1S/C10H13ClN2O3S/c11-8-3-4-12-6-10(8)17(15,16)13-5-9(14)7-1-2-7/h3-4,6-7,9,13-14H,1-2,5H2. The van der Waals surface area contributed by atoms with Gasteiger partial charge in [-0.05, 0) is 24.8 Å². The Hall–Kier alpha value is -0.690. The fourth-order valence-corrected chi connectivity index (χ4v) is 2.96. The zero-order chi connectivity index (χ0) is 12.5. The van der Waals surface area contributed by atoms with Crippen LogP contribution in [0.4, 0.5) is 0 Å². The molecule has 0 amide bonds. The number of nitrogens with zero attached hydrogens (tertiary/aromatic N) is 1. The van der Waals surface area contributed by atoms with E-state index in [2.05, 4.69) is 9.71 Å². The normalized spacial score (nSPS) is 18.0. The van der Waals surface area contributed by atoms with Crippen LogP contribution >= 0.6 is 11.6 Å². The van der Waals surface area contributed by atoms with Crippen molar-refractivity contribution in [2.75, 3.05) is 6.54 Å². The minimum absolute atomic E-state index is 0.0121. The molecule has 0 bridgehead atoms. The van der Waals surface area contributed by atoms with Gasteiger partial charge >= 0.3 is 0 Å². The third kappa shape index (κ3) is 3.16. The van der Waals surface area contributed by atoms with Crippen molar-refractivity contribution in [1.82, 2.24) is 9.71 Å². The predicted molar refractivity (Wildman–Crippen MR) is 63.2 cm³/mol. The lowest BCUT2D eigenvalue weighted by molar-refractivity contribution is 0.155. The smallest absolute Gasteiger partial charge is 0.243 e. The Kier molecular flexibility index (Phi) is 3.67. The van der Waals surface area contributed by atoms with E-state index < -0.39 is 16.1 Å². The topological polar surface area (TPSA) is 79.3 Å². The highest BCUT2D eigenvalue weighted by Crippen LogP contribution is 2.32. The third-order valence-corrected chi connectivity index (χ3v) is 4.56. The Morgan fingerprint density at radius 2 is 2.29 bits per heavy atom. The van der Waals surface area contributed by atoms with E-state index in [-0.39, 0.29) is 22.4 Å². The van der Waals surface area contributed by atoms with Crippen molar-refractivity contribution < 1.29 is 13.5 Å². The lowest BCUT2D eigenvalue weighted by Gasteiger charge is -2.11. The first-order valence-corrected chi connectivity index (χ1v) is 7.14. The summed E-state index contributed by atoms with van der Waals surface area (Å²) in [7, 11) is -3.70. The van der Waals surface area contributed by atoms with Crippen LogP contribution in [-0.2, 0) is 10.0 Å². The first-order chi connectivity index (χ1) is 8.00. The minimum Gasteiger partial charge on any atom is -0.391 e. The van der Waals surface area contributed by atoms with Crippen molar-refractivity contribution in [2.24, 2.45) is 5.92 Å². The Balaban J connectivity index is 2.05. The maximum Gasteiger partial charge on any atom is 0.243 e. The quantitative estimate of drug-likeness (QED) is 0.833. The molecular weight excluding hydrogens is 264 g/mol. The second-order valence-corrected chi connectivity index (χ2v) is 6.21. The molecule has 1 atom stereocenters. The molecule has 1 unspecified atom stereocenters. The number of hydrogen-bond acceptors (Lipinski definition) is 4. The van der Waals surface area contributed by atoms with Gasteiger partial charge in [-0.2, -0.15) is 0 Å². The molecule has 0 aliphatic heterocycles. The summed E-state index contributed by atoms with van der Waals surface area (Å²) in [5.74, 6) is 0.224. The van der Waals surface area contributed by atoms with Gasteiger partial charge in [0.15, 0.2) is 0 Å². The predicted octanol–water partition coefficient (Wildman–Crippen LogP) is 0.784. The van der Waals surface area contributed by atoms with Crippen molar-refractivity contribution in [3.8, 4) is 0 Å². The van der Waals surface area contributed by atoms with Gasteiger partial charge in [-0.3, -0.25) is 4.98 Å². The summed E-state index contributed by atoms with van der Waals surface area (Å²) >= 11 is 5.78. The molecule has 1 fully saturated rings. The summed E-state index contributed by atoms with van der Waals surface area (Å²) < 4.78 is 26.0. The molecule has 1 aromatic rings. The van der Waals surface area contributed by atoms with Gasteiger partial charge in [-0.25, -0.2) is 13.1 Å². The van der Waals surface area contributed by atoms with Gasteiger partial charge in [0.2, 0.25) is 10.0 Å². The van der Waals surface area contributed by atoms with E-state index in [0.29, 0.717) is 0 Å². The second kappa shape index (κ2) is 4.89. The molecule has 7 heteroatoms. The molecule has 1 aliphatic rings. The van der Waals surface area contributed by atoms with Crippen molar-refractivity contribution >= 4 is 21.6 Å². The molecule has 2 rings (SSSR count). The first kappa shape index (κ1) is 12.8. The number of pyridine rings is 1. The number of halogens is 1. The summed E-state index contributed by atoms with van der Waals surface area (Å²) in [6.07, 6.45) is 3.89. The number of hydrogen-bond donors (Lipinski definition) is 2. The molecule has 1 saturated carbocycles. The number of rotatable bonds is 5. The van der Waals surface area contributed by atoms with Crippen molar-refractivity contribution in [2.45, 2.75) is 23.8 Å². The zero-order valence-electron chi connectivity index (χ0n) is 9.01. The maximum absolute atomic E-state index is 11.9. The van der Waals surface area contributed by atoms with E-state index in [1.54, 1.807) is 0 Å². The van der Waals surface area contributed by atoms with Crippen LogP contribution in [0.15, 0.2) is 23.4 Å². The Morgan fingerprint density at radius 1 is 1.59 bits per heavy atom. The molecule has 5 nitrogen and oxygen atoms in total. The molecule has 0 aromatic carbocycles. The van der Waals surface area contributed by atoms with Crippen molar-refractivity contribution in [3.05, 3.63) is 23.5 Å². The van der Waals surface area contributed by atoms with Crippen LogP contribution in [0.25, 0.3) is 0 Å². The van der Waals surface area contributed by atoms with Gasteiger partial charge < -0.3 is 5.11 Å². The molecule has 0 spiro atoms. The van der Waals surface area contributed by atoms with Crippen LogP contribution in [0, 0.1) is 5.92 Å². The fraction of sp³-hybridized carbons (Fsp3) is 0.500. The third-order valence-electron chi connectivity index (χ3n) is 2.67. The summed E-state index contributed by atoms with van der Waals surface area (Å²) in [6, 6.07) is 1.41. The van der Waals surface area contributed by atoms with E-state index >= 15 is 0 Å². The highest BCUT2D eigenvalue weighted by atomic mass is 35.5. The average molecular weight is 277 g/mol. The SMILES string of the molecule is O=S(=O)(NCC(O)C1CC1)c1cnccc1Cl. The second-order valence-electron chi connectivity index (χ2n) is 4.06. The highest BCUT2D eigenvalue weighted by molar-refractivity contribution is 7.89. The lowest BCUT2D eigenvalue weighted by Crippen LogP contribution is -2.33. The molecule has 1 heterocycles. The van der Waals surface area contributed by atoms with E-state index in [4.69, 9.17) is 11.6 Å². The van der Waals surface area contributed by atoms with E-state index in [0.717, 1.165) is 12.8 Å². The van der Waals surface area contributed by atoms with Crippen LogP contribution in [0.3, 0.4) is 0 Å². The van der Waals surface area contributed by atoms with Crippen molar-refractivity contribution in [1.29, 1.82) is 0 Å². The van der Waals surface area contributed by atoms with Crippen LogP contribution in [0.1, 0.15) is 12.8 Å². The van der Waals surface area contributed by atoms with Gasteiger partial charge in [-0.15, -0.1) is 0 Å². The van der Waals surface area contributed by atoms with E-state index in [1.807, 2.05) is 0 Å². The summed E-state index contributed by atoms with van der Waals surface area (Å²) in [5, 5.41) is 9.71. The molecule has 17 heavy (non-hydrogen) atoms. The number of nitrogens with one attached hydrogen (secondary N) is 1. The van der Waals surface area contributed by atoms with E-state index in [1.165, 1.54) is 18.5 Å². The van der Waals surface area contributed by atoms with Crippen LogP contribution < -0.4 is 4.72 Å². The monoisotopic (exact) mass is 276 g/mol. The summed E-state index contributed by atoms with van der Waals surface area (Å²) in [6.45, 7) is 0.0121. The average Bonchev–Trinajstić information content (AvgIpc) is 3.10. The summed E-state index contributed by atoms with van der Waals surface area (Å²) in [4.78, 5) is 3.66. The first-order valence-electron chi connectivity index (χ1n) is 5.28. The summed E-state index contributed by atoms with van der Waals surface area (Å²) in [5.41, 5.74) is 0. The molecule has 1 aliphatic carbocycles. The minimum atomic E-state index is -3.70. The number of aliphatic hydroxyl groups is 1. The lowest BCUT2D eigenvalue weighted by atomic mass is 10.2. The maximum atomic E-state index is 11.9. The number of aromatic nitrogens is 1. The van der Waals surface area contributed by atoms with Crippen LogP contribution in [0.2, 0.25) is 5.02 Å². The largest absolute Gasteiger partial charge is 0.391 e. The molecule has 1 aromatic heterocycles. The Labute approximate surface area is 105 Å². The van der Waals surface area contributed by atoms with Crippen LogP contribution in [0.5, 0.6) is 0 Å². The Morgan fingerprint density at radius 3 is 2.88 bits per heavy atom. The number of aliphatic hydroxyl groups excluding tert-OH is 1. The van der Waals surface area contributed by atoms with Gasteiger partial charge in [0.25, 0.3) is 0 Å². The van der Waals surface area contributed by atoms with E-state index in [9.17, 15) is 13.5 Å². The van der Waals surface area contributed by atoms with Gasteiger partial charge in [0.05, 0.1) is 11.1 Å². The zero-order valence-corrected chi connectivity index (χ0v) is 10.6. The molecule has 0 radical (unpaired) electrons. The molecule has 2 N–H and O–H groups in total. The molecular formula is C10H13ClN2O3S. The fourth-order valence-electron chi connectivity index (χ4n) is 1.48. The number of sulfonamides is 1. The van der Waals surface area contributed by atoms with Gasteiger partial charge in [-0.1, -0.05) is 11.6 Å². The Bertz CT molecular complexity index is 502. The van der Waals surface area contributed by atoms with Crippen LogP contribution in [-0.4, -0.2) is 31.2 Å². The van der Waals surface area contributed by atoms with Gasteiger partial charge in [0, 0.05) is 18.9 Å².